The summed E-state index contributed by atoms with van der Waals surface area (Å²) in [5, 5.41) is 0. The molecule has 0 aliphatic carbocycles. The fourth-order valence-electron chi connectivity index (χ4n) is 1.54. The van der Waals surface area contributed by atoms with Gasteiger partial charge in [0.25, 0.3) is 0 Å². The summed E-state index contributed by atoms with van der Waals surface area (Å²) in [6.07, 6.45) is -0.341. The molecule has 2 unspecified atom stereocenters. The van der Waals surface area contributed by atoms with Crippen molar-refractivity contribution in [1.29, 1.82) is 0 Å². The first-order chi connectivity index (χ1) is 7.16. The average Bonchev–Trinajstić information content (AvgIpc) is 2.65. The Morgan fingerprint density at radius 3 is 2.60 bits per heavy atom. The lowest BCUT2D eigenvalue weighted by Gasteiger charge is -2.13. The third-order valence-electron chi connectivity index (χ3n) is 2.34. The normalized spacial score (nSPS) is 24.3. The Labute approximate surface area is 99.2 Å². The molecule has 5 heteroatoms. The number of alkyl halides is 1. The highest BCUT2D eigenvalue weighted by Crippen LogP contribution is 2.20. The quantitative estimate of drug-likeness (QED) is 0.820. The fraction of sp³-hybridized carbons (Fsp3) is 0.400. The number of hydrogen-bond acceptors (Lipinski definition) is 1. The van der Waals surface area contributed by atoms with Gasteiger partial charge in [0.1, 0.15) is 17.2 Å². The van der Waals surface area contributed by atoms with Crippen LogP contribution in [0.4, 0.5) is 4.39 Å². The molecule has 1 aromatic rings. The van der Waals surface area contributed by atoms with Crippen LogP contribution < -0.4 is 0 Å². The molecule has 0 amide bonds. The molecule has 0 aromatic heterocycles. The van der Waals surface area contributed by atoms with Crippen molar-refractivity contribution in [2.75, 3.05) is 13.1 Å². The maximum atomic E-state index is 12.9. The van der Waals surface area contributed by atoms with Crippen LogP contribution in [0.15, 0.2) is 33.6 Å². The first-order valence-electron chi connectivity index (χ1n) is 4.73. The Morgan fingerprint density at radius 1 is 1.40 bits per heavy atom. The van der Waals surface area contributed by atoms with Gasteiger partial charge >= 0.3 is 0 Å². The van der Waals surface area contributed by atoms with Crippen LogP contribution in [0, 0.1) is 0 Å². The maximum Gasteiger partial charge on any atom is 0.127 e. The maximum absolute atomic E-state index is 12.9. The zero-order valence-electron chi connectivity index (χ0n) is 8.03. The summed E-state index contributed by atoms with van der Waals surface area (Å²) >= 11 is 3.32. The van der Waals surface area contributed by atoms with Crippen LogP contribution in [0.2, 0.25) is 0 Å². The number of rotatable bonds is 2. The molecule has 0 spiro atoms. The third-order valence-corrected chi connectivity index (χ3v) is 4.35. The Bertz CT molecular complexity index is 370. The molecule has 2 nitrogen and oxygen atoms in total. The van der Waals surface area contributed by atoms with E-state index in [9.17, 15) is 8.60 Å². The Balaban J connectivity index is 2.11. The molecule has 0 N–H and O–H groups in total. The molecule has 1 saturated heterocycles. The highest BCUT2D eigenvalue weighted by Gasteiger charge is 2.26. The molecule has 82 valence electrons. The molecule has 1 aliphatic rings. The van der Waals surface area contributed by atoms with Gasteiger partial charge in [-0.1, -0.05) is 15.9 Å². The van der Waals surface area contributed by atoms with E-state index in [2.05, 4.69) is 15.9 Å². The van der Waals surface area contributed by atoms with Crippen molar-refractivity contribution >= 4 is 26.9 Å². The van der Waals surface area contributed by atoms with Gasteiger partial charge < -0.3 is 0 Å². The van der Waals surface area contributed by atoms with Crippen LogP contribution in [0.25, 0.3) is 0 Å². The van der Waals surface area contributed by atoms with Crippen molar-refractivity contribution in [3.05, 3.63) is 28.7 Å². The smallest absolute Gasteiger partial charge is 0.127 e. The summed E-state index contributed by atoms with van der Waals surface area (Å²) in [4.78, 5) is 0.729. The zero-order valence-corrected chi connectivity index (χ0v) is 10.4. The summed E-state index contributed by atoms with van der Waals surface area (Å²) in [6.45, 7) is 0.854. The number of nitrogens with zero attached hydrogens (tertiary/aromatic N) is 1. The Hall–Kier alpha value is -0.260. The molecule has 15 heavy (non-hydrogen) atoms. The number of benzene rings is 1. The molecular formula is C10H11BrFNOS. The SMILES string of the molecule is O=S(c1ccc(Br)cc1)N1CCC(F)C1. The van der Waals surface area contributed by atoms with Crippen LogP contribution in [0.3, 0.4) is 0 Å². The van der Waals surface area contributed by atoms with Crippen LogP contribution in [-0.2, 0) is 11.0 Å². The van der Waals surface area contributed by atoms with Gasteiger partial charge in [-0.15, -0.1) is 0 Å². The van der Waals surface area contributed by atoms with Crippen LogP contribution in [-0.4, -0.2) is 27.8 Å². The third kappa shape index (κ3) is 2.65. The highest BCUT2D eigenvalue weighted by atomic mass is 79.9. The molecule has 0 radical (unpaired) electrons. The molecule has 0 bridgehead atoms. The monoisotopic (exact) mass is 291 g/mol. The minimum atomic E-state index is -1.22. The molecule has 1 aromatic carbocycles. The second kappa shape index (κ2) is 4.72. The minimum absolute atomic E-state index is 0.280. The molecule has 1 aliphatic heterocycles. The lowest BCUT2D eigenvalue weighted by Crippen LogP contribution is -2.23. The summed E-state index contributed by atoms with van der Waals surface area (Å²) in [5.41, 5.74) is 0. The average molecular weight is 292 g/mol. The summed E-state index contributed by atoms with van der Waals surface area (Å²) in [7, 11) is -1.22. The van der Waals surface area contributed by atoms with E-state index in [1.165, 1.54) is 0 Å². The predicted molar refractivity (Wildman–Crippen MR) is 61.6 cm³/mol. The van der Waals surface area contributed by atoms with E-state index < -0.39 is 17.2 Å². The van der Waals surface area contributed by atoms with Crippen LogP contribution >= 0.6 is 15.9 Å². The molecular weight excluding hydrogens is 281 g/mol. The van der Waals surface area contributed by atoms with Gasteiger partial charge in [-0.05, 0) is 30.7 Å². The molecule has 2 atom stereocenters. The summed E-state index contributed by atoms with van der Waals surface area (Å²) < 4.78 is 27.5. The largest absolute Gasteiger partial charge is 0.246 e. The second-order valence-corrected chi connectivity index (χ2v) is 5.88. The van der Waals surface area contributed by atoms with E-state index in [-0.39, 0.29) is 6.54 Å². The first-order valence-corrected chi connectivity index (χ1v) is 6.63. The van der Waals surface area contributed by atoms with Crippen molar-refractivity contribution < 1.29 is 8.60 Å². The lowest BCUT2D eigenvalue weighted by molar-refractivity contribution is 0.347. The Kier molecular flexibility index (Phi) is 3.53. The molecule has 1 fully saturated rings. The predicted octanol–water partition coefficient (Wildman–Crippen LogP) is 2.52. The van der Waals surface area contributed by atoms with E-state index in [1.807, 2.05) is 12.1 Å². The van der Waals surface area contributed by atoms with Crippen molar-refractivity contribution in [3.8, 4) is 0 Å². The first kappa shape index (κ1) is 11.2. The second-order valence-electron chi connectivity index (χ2n) is 3.48. The van der Waals surface area contributed by atoms with Crippen molar-refractivity contribution in [1.82, 2.24) is 4.31 Å². The summed E-state index contributed by atoms with van der Waals surface area (Å²) in [5.74, 6) is 0. The van der Waals surface area contributed by atoms with Gasteiger partial charge in [-0.2, -0.15) is 0 Å². The highest BCUT2D eigenvalue weighted by molar-refractivity contribution is 9.10. The van der Waals surface area contributed by atoms with Crippen molar-refractivity contribution in [2.24, 2.45) is 0 Å². The van der Waals surface area contributed by atoms with Crippen molar-refractivity contribution in [3.63, 3.8) is 0 Å². The van der Waals surface area contributed by atoms with E-state index >= 15 is 0 Å². The van der Waals surface area contributed by atoms with Gasteiger partial charge in [-0.3, -0.25) is 0 Å². The zero-order chi connectivity index (χ0) is 10.8. The molecule has 2 rings (SSSR count). The number of halogens is 2. The van der Waals surface area contributed by atoms with Gasteiger partial charge in [0.15, 0.2) is 0 Å². The van der Waals surface area contributed by atoms with Crippen LogP contribution in [0.5, 0.6) is 0 Å². The molecule has 0 saturated carbocycles. The van der Waals surface area contributed by atoms with Crippen LogP contribution in [0.1, 0.15) is 6.42 Å². The van der Waals surface area contributed by atoms with E-state index in [0.29, 0.717) is 13.0 Å². The minimum Gasteiger partial charge on any atom is -0.246 e. The van der Waals surface area contributed by atoms with Crippen molar-refractivity contribution in [2.45, 2.75) is 17.5 Å². The van der Waals surface area contributed by atoms with Gasteiger partial charge in [-0.25, -0.2) is 12.9 Å². The van der Waals surface area contributed by atoms with E-state index in [4.69, 9.17) is 0 Å². The summed E-state index contributed by atoms with van der Waals surface area (Å²) in [6, 6.07) is 7.28. The number of hydrogen-bond donors (Lipinski definition) is 0. The topological polar surface area (TPSA) is 20.3 Å². The van der Waals surface area contributed by atoms with E-state index in [0.717, 1.165) is 9.37 Å². The standard InChI is InChI=1S/C10H11BrFNOS/c11-8-1-3-10(4-2-8)15(14)13-6-5-9(12)7-13/h1-4,9H,5-7H2. The van der Waals surface area contributed by atoms with Gasteiger partial charge in [0, 0.05) is 17.6 Å². The lowest BCUT2D eigenvalue weighted by atomic mass is 10.4. The van der Waals surface area contributed by atoms with E-state index in [1.54, 1.807) is 16.4 Å². The van der Waals surface area contributed by atoms with Gasteiger partial charge in [0.05, 0.1) is 4.90 Å². The molecule has 1 heterocycles. The Morgan fingerprint density at radius 2 is 2.07 bits per heavy atom. The van der Waals surface area contributed by atoms with Gasteiger partial charge in [0.2, 0.25) is 0 Å². The fourth-order valence-corrected chi connectivity index (χ4v) is 3.04.